The lowest BCUT2D eigenvalue weighted by Gasteiger charge is -2.44. The number of guanidine groups is 1. The van der Waals surface area contributed by atoms with Crippen molar-refractivity contribution in [3.8, 4) is 5.75 Å². The summed E-state index contributed by atoms with van der Waals surface area (Å²) in [6.45, 7) is 1.61. The third-order valence-electron chi connectivity index (χ3n) is 6.64. The Morgan fingerprint density at radius 3 is 2.78 bits per heavy atom. The standard InChI is InChI=1S/C21H29N3O3/c1-24-19(22)23-21(27-24)13-20(10-5-11-25-14-20)26-18-9-8-16(12-17(18)21)15-6-3-2-4-7-15/h8-9,12,15H,2-7,10-11,13-14H2,1H3,(H2,22,23)/p+1. The van der Waals surface area contributed by atoms with E-state index in [1.807, 2.05) is 7.05 Å². The Morgan fingerprint density at radius 1 is 1.22 bits per heavy atom. The van der Waals surface area contributed by atoms with Crippen molar-refractivity contribution in [1.82, 2.24) is 5.06 Å². The van der Waals surface area contributed by atoms with Crippen LogP contribution in [0.15, 0.2) is 23.2 Å². The van der Waals surface area contributed by atoms with Gasteiger partial charge in [-0.3, -0.25) is 0 Å². The van der Waals surface area contributed by atoms with E-state index in [0.29, 0.717) is 24.9 Å². The molecule has 1 saturated carbocycles. The molecule has 1 saturated heterocycles. The Labute approximate surface area is 160 Å². The van der Waals surface area contributed by atoms with Gasteiger partial charge in [-0.1, -0.05) is 25.3 Å². The number of nitrogens with two attached hydrogens (primary N) is 1. The van der Waals surface area contributed by atoms with Crippen molar-refractivity contribution in [2.45, 2.75) is 68.6 Å². The number of fused-ring (bicyclic) bond motifs is 2. The first kappa shape index (κ1) is 17.3. The van der Waals surface area contributed by atoms with E-state index in [0.717, 1.165) is 30.8 Å². The maximum atomic E-state index is 6.56. The molecule has 0 radical (unpaired) electrons. The number of aliphatic hydroxyl groups is 2. The average Bonchev–Trinajstić information content (AvgIpc) is 2.96. The van der Waals surface area contributed by atoms with Crippen molar-refractivity contribution in [1.29, 1.82) is 0 Å². The highest BCUT2D eigenvalue weighted by Gasteiger charge is 2.56. The third-order valence-corrected chi connectivity index (χ3v) is 6.64. The number of nitrogens with zero attached hydrogens (tertiary/aromatic N) is 2. The van der Waals surface area contributed by atoms with Crippen LogP contribution in [0.1, 0.15) is 68.4 Å². The summed E-state index contributed by atoms with van der Waals surface area (Å²) >= 11 is 0. The molecule has 2 spiro atoms. The van der Waals surface area contributed by atoms with Crippen molar-refractivity contribution >= 4 is 5.96 Å². The molecule has 3 N–H and O–H groups in total. The van der Waals surface area contributed by atoms with Crippen molar-refractivity contribution in [2.24, 2.45) is 10.7 Å². The molecule has 2 fully saturated rings. The summed E-state index contributed by atoms with van der Waals surface area (Å²) in [6.07, 6.45) is 9.20. The van der Waals surface area contributed by atoms with Crippen LogP contribution in [0.3, 0.4) is 0 Å². The zero-order valence-corrected chi connectivity index (χ0v) is 16.1. The first-order valence-corrected chi connectivity index (χ1v) is 10.3. The van der Waals surface area contributed by atoms with Crippen LogP contribution in [0, 0.1) is 0 Å². The summed E-state index contributed by atoms with van der Waals surface area (Å²) in [5, 5.41) is 1.59. The maximum Gasteiger partial charge on any atom is 0.222 e. The number of hydroxylamine groups is 2. The van der Waals surface area contributed by atoms with Crippen LogP contribution < -0.4 is 10.5 Å². The minimum atomic E-state index is -0.788. The molecule has 1 aromatic carbocycles. The fourth-order valence-corrected chi connectivity index (χ4v) is 5.27. The van der Waals surface area contributed by atoms with Crippen LogP contribution in [0.2, 0.25) is 0 Å². The number of benzene rings is 1. The monoisotopic (exact) mass is 372 g/mol. The molecule has 3 aliphatic heterocycles. The van der Waals surface area contributed by atoms with Gasteiger partial charge in [0.05, 0.1) is 12.0 Å². The summed E-state index contributed by atoms with van der Waals surface area (Å²) in [7, 11) is 1.83. The zero-order chi connectivity index (χ0) is 18.5. The first-order chi connectivity index (χ1) is 13.1. The molecule has 0 amide bonds. The Hall–Kier alpha value is -1.79. The minimum Gasteiger partial charge on any atom is -0.479 e. The van der Waals surface area contributed by atoms with Gasteiger partial charge in [-0.25, -0.2) is 14.9 Å². The van der Waals surface area contributed by atoms with Crippen LogP contribution >= 0.6 is 0 Å². The quantitative estimate of drug-likeness (QED) is 0.770. The van der Waals surface area contributed by atoms with E-state index in [1.54, 1.807) is 5.06 Å². The van der Waals surface area contributed by atoms with E-state index < -0.39 is 5.72 Å². The average molecular weight is 372 g/mol. The number of ether oxygens (including phenoxy) is 2. The van der Waals surface area contributed by atoms with Gasteiger partial charge in [-0.05, 0) is 36.5 Å². The number of rotatable bonds is 1. The van der Waals surface area contributed by atoms with Gasteiger partial charge in [0, 0.05) is 19.9 Å². The summed E-state index contributed by atoms with van der Waals surface area (Å²) in [6, 6.07) is 6.64. The molecule has 1 aromatic rings. The van der Waals surface area contributed by atoms with E-state index in [-0.39, 0.29) is 5.60 Å². The minimum absolute atomic E-state index is 0.341. The maximum absolute atomic E-state index is 6.56. The molecule has 27 heavy (non-hydrogen) atoms. The highest BCUT2D eigenvalue weighted by atomic mass is 16.7. The molecule has 0 aromatic heterocycles. The van der Waals surface area contributed by atoms with Crippen molar-refractivity contribution < 1.29 is 14.3 Å². The van der Waals surface area contributed by atoms with E-state index >= 15 is 0 Å². The second-order valence-electron chi connectivity index (χ2n) is 8.60. The Bertz CT molecular complexity index is 753. The highest BCUT2D eigenvalue weighted by Crippen LogP contribution is 2.51. The van der Waals surface area contributed by atoms with E-state index in [9.17, 15) is 0 Å². The first-order valence-electron chi connectivity index (χ1n) is 10.3. The molecule has 4 aliphatic rings. The highest BCUT2D eigenvalue weighted by molar-refractivity contribution is 5.78. The summed E-state index contributed by atoms with van der Waals surface area (Å²) in [5.41, 5.74) is 7.40. The molecular formula is C21H30N3O3+. The lowest BCUT2D eigenvalue weighted by atomic mass is 9.78. The van der Waals surface area contributed by atoms with E-state index in [4.69, 9.17) is 20.3 Å². The molecule has 146 valence electrons. The van der Waals surface area contributed by atoms with E-state index in [1.165, 1.54) is 37.7 Å². The smallest absolute Gasteiger partial charge is 0.222 e. The topological polar surface area (TPSA) is 72.9 Å². The van der Waals surface area contributed by atoms with Crippen molar-refractivity contribution in [2.75, 3.05) is 20.3 Å². The Morgan fingerprint density at radius 2 is 2.07 bits per heavy atom. The lowest BCUT2D eigenvalue weighted by Crippen LogP contribution is -2.53. The fourth-order valence-electron chi connectivity index (χ4n) is 5.27. The molecule has 3 heterocycles. The van der Waals surface area contributed by atoms with Gasteiger partial charge in [0.2, 0.25) is 11.7 Å². The fraction of sp³-hybridized carbons (Fsp3) is 0.667. The largest absolute Gasteiger partial charge is 0.479 e. The van der Waals surface area contributed by atoms with Gasteiger partial charge >= 0.3 is 0 Å². The van der Waals surface area contributed by atoms with Gasteiger partial charge in [0.15, 0.2) is 12.2 Å². The molecule has 2 unspecified atom stereocenters. The summed E-state index contributed by atoms with van der Waals surface area (Å²) in [4.78, 5) is 11.1. The van der Waals surface area contributed by atoms with Gasteiger partial charge in [0.1, 0.15) is 12.4 Å². The molecule has 6 nitrogen and oxygen atoms in total. The van der Waals surface area contributed by atoms with Crippen LogP contribution in [0.5, 0.6) is 5.75 Å². The van der Waals surface area contributed by atoms with Crippen LogP contribution in [-0.2, 0) is 10.6 Å². The normalized spacial score (nSPS) is 33.8. The second-order valence-corrected chi connectivity index (χ2v) is 8.60. The van der Waals surface area contributed by atoms with Crippen LogP contribution in [0.25, 0.3) is 0 Å². The Kier molecular flexibility index (Phi) is 4.09. The van der Waals surface area contributed by atoms with Crippen LogP contribution in [0.4, 0.5) is 0 Å². The van der Waals surface area contributed by atoms with Gasteiger partial charge in [0.25, 0.3) is 0 Å². The molecule has 6 heteroatoms. The van der Waals surface area contributed by atoms with Crippen molar-refractivity contribution in [3.05, 3.63) is 29.3 Å². The SMILES string of the molecule is CN1OC2(CC3(CCC[OH+]C3)Oc3ccc(C4CCCCC4)cc32)N=C1N. The molecular weight excluding hydrogens is 342 g/mol. The second kappa shape index (κ2) is 6.38. The number of aliphatic imine (C=N–C) groups is 1. The Balaban J connectivity index is 1.57. The lowest BCUT2D eigenvalue weighted by molar-refractivity contribution is -0.233. The van der Waals surface area contributed by atoms with Crippen molar-refractivity contribution in [3.63, 3.8) is 0 Å². The predicted octanol–water partition coefficient (Wildman–Crippen LogP) is 2.92. The molecule has 5 rings (SSSR count). The van der Waals surface area contributed by atoms with Crippen LogP contribution in [-0.4, -0.2) is 41.6 Å². The van der Waals surface area contributed by atoms with Gasteiger partial charge in [-0.15, -0.1) is 0 Å². The molecule has 1 aliphatic carbocycles. The summed E-state index contributed by atoms with van der Waals surface area (Å²) < 4.78 is 11.2. The third kappa shape index (κ3) is 2.90. The van der Waals surface area contributed by atoms with Gasteiger partial charge in [-0.2, -0.15) is 0 Å². The molecule has 0 bridgehead atoms. The number of hydrogen-bond acceptors (Lipinski definition) is 5. The van der Waals surface area contributed by atoms with E-state index in [2.05, 4.69) is 22.9 Å². The van der Waals surface area contributed by atoms with Gasteiger partial charge < -0.3 is 15.2 Å². The number of hydrogen-bond donors (Lipinski definition) is 1. The zero-order valence-electron chi connectivity index (χ0n) is 16.1. The predicted molar refractivity (Wildman–Crippen MR) is 104 cm³/mol. The summed E-state index contributed by atoms with van der Waals surface area (Å²) in [5.74, 6) is 1.93. The molecule has 2 atom stereocenters.